The number of nitrogens with zero attached hydrogens (tertiary/aromatic N) is 1. The smallest absolute Gasteiger partial charge is 0.136 e. The molecule has 0 radical (unpaired) electrons. The van der Waals surface area contributed by atoms with Crippen LogP contribution < -0.4 is 9.64 Å². The summed E-state index contributed by atoms with van der Waals surface area (Å²) in [5, 5.41) is 2.29. The van der Waals surface area contributed by atoms with Gasteiger partial charge in [-0.15, -0.1) is 0 Å². The van der Waals surface area contributed by atoms with Gasteiger partial charge < -0.3 is 14.1 Å². The highest BCUT2D eigenvalue weighted by Crippen LogP contribution is 2.54. The summed E-state index contributed by atoms with van der Waals surface area (Å²) in [7, 11) is 0. The predicted octanol–water partition coefficient (Wildman–Crippen LogP) is 15.4. The van der Waals surface area contributed by atoms with Gasteiger partial charge >= 0.3 is 0 Å². The van der Waals surface area contributed by atoms with Crippen LogP contribution in [0, 0.1) is 24.7 Å². The van der Waals surface area contributed by atoms with Gasteiger partial charge in [0.25, 0.3) is 0 Å². The monoisotopic (exact) mass is 729 g/mol. The van der Waals surface area contributed by atoms with E-state index < -0.39 is 0 Å². The summed E-state index contributed by atoms with van der Waals surface area (Å²) < 4.78 is 13.3. The summed E-state index contributed by atoms with van der Waals surface area (Å²) in [6.45, 7) is 4.60. The number of benzene rings is 7. The predicted molar refractivity (Wildman–Crippen MR) is 232 cm³/mol. The van der Waals surface area contributed by atoms with Crippen LogP contribution in [0.4, 0.5) is 17.1 Å². The average molecular weight is 730 g/mol. The molecule has 0 saturated heterocycles. The van der Waals surface area contributed by atoms with Gasteiger partial charge in [0.15, 0.2) is 0 Å². The first-order valence-electron chi connectivity index (χ1n) is 20.4. The Morgan fingerprint density at radius 3 is 2.00 bits per heavy atom. The molecule has 276 valence electrons. The van der Waals surface area contributed by atoms with Gasteiger partial charge in [-0.3, -0.25) is 0 Å². The normalized spacial score (nSPS) is 19.2. The minimum absolute atomic E-state index is 0.531. The molecule has 8 aromatic rings. The molecule has 2 aliphatic rings. The molecule has 1 aromatic heterocycles. The Kier molecular flexibility index (Phi) is 8.94. The Bertz CT molecular complexity index is 2640. The van der Waals surface area contributed by atoms with E-state index in [-0.39, 0.29) is 0 Å². The SMILES string of the molecule is Cc1ccccc1Oc1cc(N(c2ccccc2)c2ccc(-c3ccccc3-c3cccc4oc5ccccc5c34)cc2)ccc1C1[C@@H]2CCC[C@@H]1CC(C)C2. The van der Waals surface area contributed by atoms with E-state index in [9.17, 15) is 0 Å². The molecule has 7 aromatic carbocycles. The number of anilines is 3. The van der Waals surface area contributed by atoms with Crippen molar-refractivity contribution < 1.29 is 9.15 Å². The van der Waals surface area contributed by atoms with E-state index in [1.807, 2.05) is 6.07 Å². The second-order valence-corrected chi connectivity index (χ2v) is 16.2. The molecule has 0 aliphatic heterocycles. The lowest BCUT2D eigenvalue weighted by atomic mass is 9.59. The summed E-state index contributed by atoms with van der Waals surface area (Å²) in [6, 6.07) is 58.7. The van der Waals surface area contributed by atoms with Crippen LogP contribution in [0.1, 0.15) is 56.1 Å². The van der Waals surface area contributed by atoms with E-state index in [4.69, 9.17) is 9.15 Å². The van der Waals surface area contributed by atoms with E-state index in [0.717, 1.165) is 62.0 Å². The molecule has 0 unspecified atom stereocenters. The zero-order chi connectivity index (χ0) is 37.6. The maximum Gasteiger partial charge on any atom is 0.136 e. The first-order valence-corrected chi connectivity index (χ1v) is 20.4. The molecular formula is C53H47NO2. The zero-order valence-electron chi connectivity index (χ0n) is 32.2. The molecule has 0 N–H and O–H groups in total. The fourth-order valence-electron chi connectivity index (χ4n) is 10.2. The number of furan rings is 1. The number of ether oxygens (including phenoxy) is 1. The number of para-hydroxylation sites is 3. The highest BCUT2D eigenvalue weighted by atomic mass is 16.5. The summed E-state index contributed by atoms with van der Waals surface area (Å²) in [4.78, 5) is 2.37. The molecular weight excluding hydrogens is 683 g/mol. The quantitative estimate of drug-likeness (QED) is 0.156. The van der Waals surface area contributed by atoms with Crippen molar-refractivity contribution >= 4 is 39.0 Å². The number of hydrogen-bond donors (Lipinski definition) is 0. The molecule has 0 spiro atoms. The minimum Gasteiger partial charge on any atom is -0.457 e. The molecule has 2 atom stereocenters. The van der Waals surface area contributed by atoms with Crippen molar-refractivity contribution in [3.05, 3.63) is 175 Å². The largest absolute Gasteiger partial charge is 0.457 e. The Morgan fingerprint density at radius 2 is 1.20 bits per heavy atom. The van der Waals surface area contributed by atoms with Gasteiger partial charge in [-0.1, -0.05) is 123 Å². The molecule has 3 heteroatoms. The van der Waals surface area contributed by atoms with Gasteiger partial charge in [0, 0.05) is 33.9 Å². The molecule has 0 amide bonds. The fraction of sp³-hybridized carbons (Fsp3) is 0.208. The van der Waals surface area contributed by atoms with E-state index in [1.165, 1.54) is 59.9 Å². The third-order valence-corrected chi connectivity index (χ3v) is 12.6. The van der Waals surface area contributed by atoms with Crippen molar-refractivity contribution in [2.45, 2.75) is 51.9 Å². The lowest BCUT2D eigenvalue weighted by Crippen LogP contribution is -2.34. The van der Waals surface area contributed by atoms with Crippen molar-refractivity contribution in [3.63, 3.8) is 0 Å². The van der Waals surface area contributed by atoms with Crippen LogP contribution in [-0.2, 0) is 0 Å². The maximum atomic E-state index is 7.00. The van der Waals surface area contributed by atoms with Crippen LogP contribution in [-0.4, -0.2) is 0 Å². The third kappa shape index (κ3) is 6.26. The first-order chi connectivity index (χ1) is 27.6. The fourth-order valence-corrected chi connectivity index (χ4v) is 10.2. The molecule has 2 bridgehead atoms. The lowest BCUT2D eigenvalue weighted by Gasteiger charge is -2.46. The second-order valence-electron chi connectivity index (χ2n) is 16.2. The van der Waals surface area contributed by atoms with Crippen LogP contribution in [0.25, 0.3) is 44.2 Å². The Labute approximate surface area is 330 Å². The van der Waals surface area contributed by atoms with E-state index in [1.54, 1.807) is 0 Å². The lowest BCUT2D eigenvalue weighted by molar-refractivity contribution is 0.110. The van der Waals surface area contributed by atoms with E-state index >= 15 is 0 Å². The van der Waals surface area contributed by atoms with Gasteiger partial charge in [0.1, 0.15) is 22.7 Å². The number of hydrogen-bond acceptors (Lipinski definition) is 3. The Morgan fingerprint density at radius 1 is 0.554 bits per heavy atom. The van der Waals surface area contributed by atoms with Gasteiger partial charge in [-0.25, -0.2) is 0 Å². The topological polar surface area (TPSA) is 25.6 Å². The zero-order valence-corrected chi connectivity index (χ0v) is 32.2. The van der Waals surface area contributed by atoms with Crippen molar-refractivity contribution in [1.29, 1.82) is 0 Å². The molecule has 56 heavy (non-hydrogen) atoms. The van der Waals surface area contributed by atoms with Crippen molar-refractivity contribution in [2.75, 3.05) is 4.90 Å². The third-order valence-electron chi connectivity index (χ3n) is 12.6. The first kappa shape index (κ1) is 34.4. The van der Waals surface area contributed by atoms with Gasteiger partial charge in [-0.05, 0) is 138 Å². The van der Waals surface area contributed by atoms with Crippen LogP contribution in [0.5, 0.6) is 11.5 Å². The molecule has 2 saturated carbocycles. The highest BCUT2D eigenvalue weighted by Gasteiger charge is 2.41. The molecule has 1 heterocycles. The molecule has 10 rings (SSSR count). The molecule has 2 fully saturated rings. The summed E-state index contributed by atoms with van der Waals surface area (Å²) in [5.41, 5.74) is 12.4. The molecule has 2 aliphatic carbocycles. The van der Waals surface area contributed by atoms with Crippen LogP contribution in [0.3, 0.4) is 0 Å². The standard InChI is InChI=1S/C53H47NO2/c1-35-32-38-15-12-16-39(33-35)52(38)47-31-30-42(34-51(47)55-48-23-10-6-14-36(48)2)54(40-17-4-3-5-18-40)41-28-26-37(27-29-41)43-19-7-8-20-44(43)45-22-13-25-50-53(45)46-21-9-11-24-49(46)56-50/h3-11,13-14,17-31,34-35,38-39,52H,12,15-16,32-33H2,1-2H3/t35?,38-,39-,52?/m1/s1. The summed E-state index contributed by atoms with van der Waals surface area (Å²) in [6.07, 6.45) is 6.61. The van der Waals surface area contributed by atoms with Gasteiger partial charge in [0.05, 0.1) is 0 Å². The van der Waals surface area contributed by atoms with Crippen LogP contribution in [0.15, 0.2) is 168 Å². The number of fused-ring (bicyclic) bond motifs is 5. The summed E-state index contributed by atoms with van der Waals surface area (Å²) >= 11 is 0. The van der Waals surface area contributed by atoms with Crippen molar-refractivity contribution in [1.82, 2.24) is 0 Å². The van der Waals surface area contributed by atoms with Gasteiger partial charge in [0.2, 0.25) is 0 Å². The summed E-state index contributed by atoms with van der Waals surface area (Å²) in [5.74, 6) is 4.66. The van der Waals surface area contributed by atoms with E-state index in [2.05, 4.69) is 176 Å². The number of rotatable bonds is 8. The van der Waals surface area contributed by atoms with Crippen LogP contribution in [0.2, 0.25) is 0 Å². The van der Waals surface area contributed by atoms with Crippen LogP contribution >= 0.6 is 0 Å². The minimum atomic E-state index is 0.531. The van der Waals surface area contributed by atoms with Gasteiger partial charge in [-0.2, -0.15) is 0 Å². The maximum absolute atomic E-state index is 7.00. The van der Waals surface area contributed by atoms with Crippen molar-refractivity contribution in [3.8, 4) is 33.8 Å². The Hall–Kier alpha value is -6.06. The molecule has 3 nitrogen and oxygen atoms in total. The van der Waals surface area contributed by atoms with E-state index in [0.29, 0.717) is 17.8 Å². The highest BCUT2D eigenvalue weighted by molar-refractivity contribution is 6.13. The van der Waals surface area contributed by atoms with Crippen molar-refractivity contribution in [2.24, 2.45) is 17.8 Å². The number of aryl methyl sites for hydroxylation is 1. The average Bonchev–Trinajstić information content (AvgIpc) is 3.62. The Balaban J connectivity index is 1.07. The second kappa shape index (κ2) is 14.5.